The molecule has 1 saturated heterocycles. The van der Waals surface area contributed by atoms with E-state index in [1.807, 2.05) is 0 Å². The molecule has 1 heterocycles. The Balaban J connectivity index is 1.87. The van der Waals surface area contributed by atoms with E-state index in [9.17, 15) is 8.42 Å². The molecular weight excluding hydrogens is 188 g/mol. The topological polar surface area (TPSA) is 43.4 Å². The van der Waals surface area contributed by atoms with Crippen LogP contribution in [0.3, 0.4) is 0 Å². The standard InChI is InChI=1S/C9H14O3S/c10-13(11)6-2-5-9(12-13)7-3-1-4-8(7)9/h7-8H,1-6H2/t7-,8+,9?. The Hall–Kier alpha value is -0.0900. The molecule has 74 valence electrons. The fourth-order valence-corrected chi connectivity index (χ4v) is 4.75. The summed E-state index contributed by atoms with van der Waals surface area (Å²) in [5, 5.41) is 0. The average Bonchev–Trinajstić information content (AvgIpc) is 2.48. The Labute approximate surface area is 78.6 Å². The van der Waals surface area contributed by atoms with E-state index in [0.29, 0.717) is 11.8 Å². The van der Waals surface area contributed by atoms with E-state index in [0.717, 1.165) is 12.8 Å². The first-order valence-electron chi connectivity index (χ1n) is 5.07. The van der Waals surface area contributed by atoms with Crippen LogP contribution in [0.15, 0.2) is 0 Å². The molecule has 3 rings (SSSR count). The molecule has 2 saturated carbocycles. The summed E-state index contributed by atoms with van der Waals surface area (Å²) in [6.45, 7) is 0. The van der Waals surface area contributed by atoms with Crippen molar-refractivity contribution >= 4 is 10.1 Å². The summed E-state index contributed by atoms with van der Waals surface area (Å²) in [6, 6.07) is 0. The van der Waals surface area contributed by atoms with E-state index < -0.39 is 10.1 Å². The second kappa shape index (κ2) is 2.28. The van der Waals surface area contributed by atoms with Crippen molar-refractivity contribution in [2.24, 2.45) is 11.8 Å². The van der Waals surface area contributed by atoms with Crippen molar-refractivity contribution in [2.45, 2.75) is 37.7 Å². The number of fused-ring (bicyclic) bond motifs is 3. The molecule has 3 nitrogen and oxygen atoms in total. The van der Waals surface area contributed by atoms with Crippen molar-refractivity contribution in [1.29, 1.82) is 0 Å². The fraction of sp³-hybridized carbons (Fsp3) is 1.00. The summed E-state index contributed by atoms with van der Waals surface area (Å²) in [4.78, 5) is 0. The maximum Gasteiger partial charge on any atom is 0.267 e. The molecule has 0 aromatic heterocycles. The lowest BCUT2D eigenvalue weighted by Crippen LogP contribution is -2.32. The van der Waals surface area contributed by atoms with Gasteiger partial charge in [0.15, 0.2) is 0 Å². The van der Waals surface area contributed by atoms with Crippen LogP contribution in [0.25, 0.3) is 0 Å². The first-order chi connectivity index (χ1) is 6.14. The highest BCUT2D eigenvalue weighted by Crippen LogP contribution is 2.66. The van der Waals surface area contributed by atoms with Crippen molar-refractivity contribution in [2.75, 3.05) is 5.75 Å². The van der Waals surface area contributed by atoms with Crippen LogP contribution in [0, 0.1) is 11.8 Å². The normalized spacial score (nSPS) is 52.0. The van der Waals surface area contributed by atoms with Gasteiger partial charge < -0.3 is 0 Å². The highest BCUT2D eigenvalue weighted by molar-refractivity contribution is 7.86. The summed E-state index contributed by atoms with van der Waals surface area (Å²) in [5.41, 5.74) is -0.213. The van der Waals surface area contributed by atoms with Crippen LogP contribution < -0.4 is 0 Å². The van der Waals surface area contributed by atoms with E-state index in [-0.39, 0.29) is 11.4 Å². The summed E-state index contributed by atoms with van der Waals surface area (Å²) in [7, 11) is -3.17. The first-order valence-corrected chi connectivity index (χ1v) is 6.65. The fourth-order valence-electron chi connectivity index (χ4n) is 3.36. The molecular formula is C9H14O3S. The van der Waals surface area contributed by atoms with Gasteiger partial charge in [0.2, 0.25) is 0 Å². The van der Waals surface area contributed by atoms with Gasteiger partial charge in [0.25, 0.3) is 10.1 Å². The van der Waals surface area contributed by atoms with Gasteiger partial charge in [-0.3, -0.25) is 4.18 Å². The lowest BCUT2D eigenvalue weighted by atomic mass is 10.0. The Kier molecular flexibility index (Phi) is 1.45. The quantitative estimate of drug-likeness (QED) is 0.556. The number of hydrogen-bond acceptors (Lipinski definition) is 3. The molecule has 0 N–H and O–H groups in total. The minimum Gasteiger partial charge on any atom is -0.263 e. The molecule has 3 fully saturated rings. The molecule has 0 bridgehead atoms. The molecule has 13 heavy (non-hydrogen) atoms. The van der Waals surface area contributed by atoms with Gasteiger partial charge in [0.1, 0.15) is 0 Å². The number of hydrogen-bond donors (Lipinski definition) is 0. The van der Waals surface area contributed by atoms with Crippen molar-refractivity contribution in [3.05, 3.63) is 0 Å². The Morgan fingerprint density at radius 3 is 2.46 bits per heavy atom. The zero-order valence-electron chi connectivity index (χ0n) is 7.53. The molecule has 2 aliphatic carbocycles. The Bertz CT molecular complexity index is 323. The first kappa shape index (κ1) is 8.24. The zero-order chi connectivity index (χ0) is 9.10. The van der Waals surface area contributed by atoms with E-state index in [1.165, 1.54) is 19.3 Å². The molecule has 3 aliphatic rings. The van der Waals surface area contributed by atoms with Gasteiger partial charge in [0.05, 0.1) is 11.4 Å². The van der Waals surface area contributed by atoms with Gasteiger partial charge in [-0.15, -0.1) is 0 Å². The lowest BCUT2D eigenvalue weighted by Gasteiger charge is -2.25. The smallest absolute Gasteiger partial charge is 0.263 e. The van der Waals surface area contributed by atoms with Crippen molar-refractivity contribution < 1.29 is 12.6 Å². The van der Waals surface area contributed by atoms with Crippen LogP contribution >= 0.6 is 0 Å². The van der Waals surface area contributed by atoms with Gasteiger partial charge in [-0.2, -0.15) is 8.42 Å². The van der Waals surface area contributed by atoms with E-state index in [4.69, 9.17) is 4.18 Å². The lowest BCUT2D eigenvalue weighted by molar-refractivity contribution is 0.118. The minimum atomic E-state index is -3.17. The van der Waals surface area contributed by atoms with Crippen molar-refractivity contribution in [1.82, 2.24) is 0 Å². The van der Waals surface area contributed by atoms with Gasteiger partial charge in [-0.05, 0) is 37.5 Å². The maximum atomic E-state index is 11.3. The maximum absolute atomic E-state index is 11.3. The van der Waals surface area contributed by atoms with Gasteiger partial charge in [-0.25, -0.2) is 0 Å². The van der Waals surface area contributed by atoms with E-state index >= 15 is 0 Å². The zero-order valence-corrected chi connectivity index (χ0v) is 8.35. The van der Waals surface area contributed by atoms with Gasteiger partial charge >= 0.3 is 0 Å². The third-order valence-corrected chi connectivity index (χ3v) is 5.26. The summed E-state index contributed by atoms with van der Waals surface area (Å²) >= 11 is 0. The Morgan fingerprint density at radius 2 is 1.85 bits per heavy atom. The molecule has 4 heteroatoms. The second-order valence-corrected chi connectivity index (χ2v) is 6.24. The SMILES string of the molecule is O=S1(=O)CCCC2(O1)[C@@H]1CCC[C@@H]12. The average molecular weight is 202 g/mol. The largest absolute Gasteiger partial charge is 0.267 e. The highest BCUT2D eigenvalue weighted by Gasteiger charge is 2.69. The van der Waals surface area contributed by atoms with Crippen molar-refractivity contribution in [3.63, 3.8) is 0 Å². The summed E-state index contributed by atoms with van der Waals surface area (Å²) in [5.74, 6) is 1.37. The molecule has 0 radical (unpaired) electrons. The monoisotopic (exact) mass is 202 g/mol. The predicted octanol–water partition coefficient (Wildman–Crippen LogP) is 1.30. The predicted molar refractivity (Wildman–Crippen MR) is 47.7 cm³/mol. The van der Waals surface area contributed by atoms with E-state index in [1.54, 1.807) is 0 Å². The van der Waals surface area contributed by atoms with Crippen LogP contribution in [0.1, 0.15) is 32.1 Å². The number of rotatable bonds is 0. The van der Waals surface area contributed by atoms with Crippen LogP contribution in [-0.4, -0.2) is 19.8 Å². The molecule has 0 aromatic carbocycles. The Morgan fingerprint density at radius 1 is 1.15 bits per heavy atom. The molecule has 1 spiro atoms. The summed E-state index contributed by atoms with van der Waals surface area (Å²) < 4.78 is 27.9. The summed E-state index contributed by atoms with van der Waals surface area (Å²) in [6.07, 6.45) is 5.40. The van der Waals surface area contributed by atoms with Crippen LogP contribution in [-0.2, 0) is 14.3 Å². The molecule has 0 aromatic rings. The molecule has 0 amide bonds. The molecule has 3 atom stereocenters. The second-order valence-electron chi connectivity index (χ2n) is 4.55. The van der Waals surface area contributed by atoms with Crippen molar-refractivity contribution in [3.8, 4) is 0 Å². The van der Waals surface area contributed by atoms with Crippen LogP contribution in [0.5, 0.6) is 0 Å². The van der Waals surface area contributed by atoms with Gasteiger partial charge in [0, 0.05) is 0 Å². The van der Waals surface area contributed by atoms with E-state index in [2.05, 4.69) is 0 Å². The minimum absolute atomic E-state index is 0.213. The van der Waals surface area contributed by atoms with Gasteiger partial charge in [-0.1, -0.05) is 6.42 Å². The third kappa shape index (κ3) is 1.02. The molecule has 1 aliphatic heterocycles. The van der Waals surface area contributed by atoms with Crippen LogP contribution in [0.2, 0.25) is 0 Å². The van der Waals surface area contributed by atoms with Crippen LogP contribution in [0.4, 0.5) is 0 Å². The highest BCUT2D eigenvalue weighted by atomic mass is 32.2. The third-order valence-electron chi connectivity index (χ3n) is 3.91. The molecule has 1 unspecified atom stereocenters.